The van der Waals surface area contributed by atoms with Gasteiger partial charge in [-0.25, -0.2) is 0 Å². The fraction of sp³-hybridized carbons (Fsp3) is 0.471. The number of aromatic amines is 1. The maximum Gasteiger partial charge on any atom is 0.248 e. The molecule has 106 valence electrons. The number of nitrogens with zero attached hydrogens (tertiary/aromatic N) is 1. The Morgan fingerprint density at radius 3 is 2.85 bits per heavy atom. The lowest BCUT2D eigenvalue weighted by Crippen LogP contribution is -2.55. The molecule has 3 atom stereocenters. The van der Waals surface area contributed by atoms with Crippen LogP contribution in [-0.4, -0.2) is 24.0 Å². The van der Waals surface area contributed by atoms with Crippen molar-refractivity contribution in [2.24, 2.45) is 11.8 Å². The minimum atomic E-state index is -0.0803. The highest BCUT2D eigenvalue weighted by Gasteiger charge is 2.50. The molecule has 3 nitrogen and oxygen atoms in total. The fourth-order valence-corrected chi connectivity index (χ4v) is 4.27. The quantitative estimate of drug-likeness (QED) is 0.838. The van der Waals surface area contributed by atoms with E-state index in [1.807, 2.05) is 6.07 Å². The molecule has 0 saturated carbocycles. The van der Waals surface area contributed by atoms with E-state index in [1.165, 1.54) is 11.1 Å². The molecule has 0 amide bonds. The van der Waals surface area contributed by atoms with Crippen molar-refractivity contribution in [3.05, 3.63) is 58.0 Å². The summed E-state index contributed by atoms with van der Waals surface area (Å²) in [6.45, 7) is 6.29. The predicted octanol–water partition coefficient (Wildman–Crippen LogP) is 2.46. The van der Waals surface area contributed by atoms with Gasteiger partial charge in [0.2, 0.25) is 5.56 Å². The van der Waals surface area contributed by atoms with Gasteiger partial charge in [-0.2, -0.15) is 0 Å². The summed E-state index contributed by atoms with van der Waals surface area (Å²) >= 11 is 0. The summed E-state index contributed by atoms with van der Waals surface area (Å²) in [5.41, 5.74) is 3.70. The predicted molar refractivity (Wildman–Crippen MR) is 81.7 cm³/mol. The molecule has 0 aromatic carbocycles. The maximum absolute atomic E-state index is 11.6. The van der Waals surface area contributed by atoms with E-state index in [0.29, 0.717) is 11.8 Å². The summed E-state index contributed by atoms with van der Waals surface area (Å²) < 4.78 is 0. The summed E-state index contributed by atoms with van der Waals surface area (Å²) in [6, 6.07) is 3.66. The van der Waals surface area contributed by atoms with E-state index in [1.54, 1.807) is 6.07 Å². The molecule has 3 rings (SSSR count). The summed E-state index contributed by atoms with van der Waals surface area (Å²) in [4.78, 5) is 17.0. The Labute approximate surface area is 120 Å². The van der Waals surface area contributed by atoms with Crippen LogP contribution in [0.25, 0.3) is 0 Å². The van der Waals surface area contributed by atoms with Gasteiger partial charge in [0.05, 0.1) is 5.54 Å². The van der Waals surface area contributed by atoms with Crippen LogP contribution < -0.4 is 5.56 Å². The molecule has 0 saturated heterocycles. The molecule has 1 aromatic heterocycles. The third-order valence-electron chi connectivity index (χ3n) is 5.02. The highest BCUT2D eigenvalue weighted by Crippen LogP contribution is 2.52. The minimum absolute atomic E-state index is 0.00603. The van der Waals surface area contributed by atoms with E-state index >= 15 is 0 Å². The Morgan fingerprint density at radius 2 is 2.20 bits per heavy atom. The maximum atomic E-state index is 11.6. The van der Waals surface area contributed by atoms with Gasteiger partial charge < -0.3 is 4.98 Å². The monoisotopic (exact) mass is 270 g/mol. The number of hydrogen-bond acceptors (Lipinski definition) is 2. The molecular formula is C17H22N2O. The largest absolute Gasteiger partial charge is 0.326 e. The summed E-state index contributed by atoms with van der Waals surface area (Å²) in [5, 5.41) is 0. The van der Waals surface area contributed by atoms with Crippen LogP contribution in [-0.2, 0) is 12.0 Å². The molecule has 2 aliphatic carbocycles. The van der Waals surface area contributed by atoms with E-state index in [9.17, 15) is 4.79 Å². The van der Waals surface area contributed by atoms with Crippen LogP contribution in [0, 0.1) is 11.8 Å². The van der Waals surface area contributed by atoms with Crippen molar-refractivity contribution in [3.8, 4) is 0 Å². The number of fused-ring (bicyclic) bond motifs is 4. The van der Waals surface area contributed by atoms with Gasteiger partial charge in [0.1, 0.15) is 0 Å². The Balaban J connectivity index is 2.30. The minimum Gasteiger partial charge on any atom is -0.326 e. The van der Waals surface area contributed by atoms with Gasteiger partial charge in [0, 0.05) is 17.7 Å². The fourth-order valence-electron chi connectivity index (χ4n) is 4.27. The molecule has 1 unspecified atom stereocenters. The zero-order chi connectivity index (χ0) is 14.5. The topological polar surface area (TPSA) is 36.1 Å². The van der Waals surface area contributed by atoms with Gasteiger partial charge in [-0.05, 0) is 51.4 Å². The van der Waals surface area contributed by atoms with Gasteiger partial charge in [0.15, 0.2) is 0 Å². The second-order valence-corrected chi connectivity index (χ2v) is 6.35. The van der Waals surface area contributed by atoms with E-state index < -0.39 is 0 Å². The van der Waals surface area contributed by atoms with Crippen LogP contribution in [0.4, 0.5) is 0 Å². The van der Waals surface area contributed by atoms with Gasteiger partial charge >= 0.3 is 0 Å². The van der Waals surface area contributed by atoms with Gasteiger partial charge in [-0.1, -0.05) is 17.7 Å². The van der Waals surface area contributed by atoms with Crippen molar-refractivity contribution < 1.29 is 0 Å². The number of pyridine rings is 1. The van der Waals surface area contributed by atoms with Crippen LogP contribution in [0.2, 0.25) is 0 Å². The smallest absolute Gasteiger partial charge is 0.248 e. The Hall–Kier alpha value is -1.61. The lowest BCUT2D eigenvalue weighted by molar-refractivity contribution is 0.0538. The molecule has 1 N–H and O–H groups in total. The number of hydrogen-bond donors (Lipinski definition) is 1. The van der Waals surface area contributed by atoms with Crippen molar-refractivity contribution in [3.63, 3.8) is 0 Å². The molecule has 0 spiro atoms. The highest BCUT2D eigenvalue weighted by molar-refractivity contribution is 5.40. The third kappa shape index (κ3) is 1.66. The van der Waals surface area contributed by atoms with Gasteiger partial charge in [-0.3, -0.25) is 9.69 Å². The number of aromatic nitrogens is 1. The van der Waals surface area contributed by atoms with E-state index in [-0.39, 0.29) is 11.1 Å². The average Bonchev–Trinajstić information content (AvgIpc) is 2.36. The summed E-state index contributed by atoms with van der Waals surface area (Å²) in [5.74, 6) is 0.814. The number of allylic oxidation sites excluding steroid dienone is 1. The second kappa shape index (κ2) is 4.45. The SMILES string of the molecule is C=C[C@@H]1C2C=C(C)C[C@@]1(N(C)C)c1ccc(=O)[nH]c1C2. The van der Waals surface area contributed by atoms with Crippen molar-refractivity contribution in [2.75, 3.05) is 14.1 Å². The van der Waals surface area contributed by atoms with Crippen LogP contribution in [0.1, 0.15) is 24.6 Å². The van der Waals surface area contributed by atoms with Crippen molar-refractivity contribution in [1.29, 1.82) is 0 Å². The standard InChI is InChI=1S/C17H22N2O/c1-5-13-12-8-11(2)10-17(13,19(3)4)14-6-7-16(20)18-15(14)9-12/h5-8,12-13H,1,9-10H2,2-4H3,(H,18,20)/t12?,13-,17+/m1/s1. The summed E-state index contributed by atoms with van der Waals surface area (Å²) in [6.07, 6.45) is 6.35. The van der Waals surface area contributed by atoms with Crippen molar-refractivity contribution in [2.45, 2.75) is 25.3 Å². The first-order valence-electron chi connectivity index (χ1n) is 7.19. The van der Waals surface area contributed by atoms with E-state index in [4.69, 9.17) is 0 Å². The molecule has 1 heterocycles. The zero-order valence-electron chi connectivity index (χ0n) is 12.4. The first-order valence-corrected chi connectivity index (χ1v) is 7.19. The molecule has 0 fully saturated rings. The van der Waals surface area contributed by atoms with Gasteiger partial charge in [-0.15, -0.1) is 6.58 Å². The molecule has 2 bridgehead atoms. The molecule has 0 aliphatic heterocycles. The first kappa shape index (κ1) is 13.4. The molecule has 2 aliphatic rings. The van der Waals surface area contributed by atoms with Crippen LogP contribution >= 0.6 is 0 Å². The molecule has 0 radical (unpaired) electrons. The Bertz CT molecular complexity index is 641. The van der Waals surface area contributed by atoms with Crippen molar-refractivity contribution in [1.82, 2.24) is 9.88 Å². The highest BCUT2D eigenvalue weighted by atomic mass is 16.1. The first-order chi connectivity index (χ1) is 9.49. The average molecular weight is 270 g/mol. The third-order valence-corrected chi connectivity index (χ3v) is 5.02. The zero-order valence-corrected chi connectivity index (χ0v) is 12.4. The normalized spacial score (nSPS) is 31.7. The molecular weight excluding hydrogens is 248 g/mol. The molecule has 1 aromatic rings. The van der Waals surface area contributed by atoms with E-state index in [2.05, 4.69) is 49.6 Å². The molecule has 20 heavy (non-hydrogen) atoms. The van der Waals surface area contributed by atoms with E-state index in [0.717, 1.165) is 18.5 Å². The number of H-pyrrole nitrogens is 1. The Kier molecular flexibility index (Phi) is 2.98. The lowest BCUT2D eigenvalue weighted by Gasteiger charge is -2.54. The number of nitrogens with one attached hydrogen (secondary N) is 1. The Morgan fingerprint density at radius 1 is 1.45 bits per heavy atom. The number of rotatable bonds is 2. The second-order valence-electron chi connectivity index (χ2n) is 6.35. The van der Waals surface area contributed by atoms with Crippen LogP contribution in [0.3, 0.4) is 0 Å². The lowest BCUT2D eigenvalue weighted by atomic mass is 9.59. The molecule has 3 heteroatoms. The van der Waals surface area contributed by atoms with Crippen LogP contribution in [0.5, 0.6) is 0 Å². The van der Waals surface area contributed by atoms with Crippen molar-refractivity contribution >= 4 is 0 Å². The summed E-state index contributed by atoms with van der Waals surface area (Å²) in [7, 11) is 4.26. The van der Waals surface area contributed by atoms with Gasteiger partial charge in [0.25, 0.3) is 0 Å². The van der Waals surface area contributed by atoms with Crippen LogP contribution in [0.15, 0.2) is 41.2 Å².